The summed E-state index contributed by atoms with van der Waals surface area (Å²) in [5.74, 6) is 1.37. The molecule has 0 saturated carbocycles. The maximum absolute atomic E-state index is 12.2. The fraction of sp³-hybridized carbons (Fsp3) is 0.190. The van der Waals surface area contributed by atoms with Crippen molar-refractivity contribution in [2.24, 2.45) is 5.10 Å². The molecule has 2 amide bonds. The van der Waals surface area contributed by atoms with Gasteiger partial charge in [-0.05, 0) is 48.0 Å². The van der Waals surface area contributed by atoms with Crippen molar-refractivity contribution in [3.8, 4) is 5.75 Å². The van der Waals surface area contributed by atoms with E-state index < -0.39 is 0 Å². The summed E-state index contributed by atoms with van der Waals surface area (Å²) >= 11 is 1.35. The number of hydrogen-bond acceptors (Lipinski definition) is 8. The molecule has 0 saturated heterocycles. The molecule has 0 atom stereocenters. The second-order valence-electron chi connectivity index (χ2n) is 6.52. The van der Waals surface area contributed by atoms with E-state index in [4.69, 9.17) is 4.74 Å². The quantitative estimate of drug-likeness (QED) is 0.210. The number of carbonyl (C=O) groups excluding carboxylic acids is 2. The highest BCUT2D eigenvalue weighted by Crippen LogP contribution is 2.18. The average molecular weight is 454 g/mol. The number of anilines is 3. The van der Waals surface area contributed by atoms with Crippen molar-refractivity contribution in [1.82, 2.24) is 15.2 Å². The SMILES string of the molecule is COc1ccc(/C=N/Nc2nc(SCCC(=O)Nc3cccc(NC(C)=O)c3)n[nH]2)cc1. The summed E-state index contributed by atoms with van der Waals surface area (Å²) in [6.45, 7) is 1.43. The number of benzene rings is 2. The number of carbonyl (C=O) groups is 2. The Kier molecular flexibility index (Phi) is 8.21. The molecule has 1 heterocycles. The third-order valence-electron chi connectivity index (χ3n) is 3.99. The molecule has 1 aromatic heterocycles. The summed E-state index contributed by atoms with van der Waals surface area (Å²) < 4.78 is 5.12. The van der Waals surface area contributed by atoms with Crippen molar-refractivity contribution in [3.05, 3.63) is 54.1 Å². The van der Waals surface area contributed by atoms with Crippen molar-refractivity contribution in [2.45, 2.75) is 18.5 Å². The lowest BCUT2D eigenvalue weighted by molar-refractivity contribution is -0.116. The number of ether oxygens (including phenoxy) is 1. The summed E-state index contributed by atoms with van der Waals surface area (Å²) in [4.78, 5) is 27.6. The number of aromatic nitrogens is 3. The Bertz CT molecular complexity index is 1080. The first-order valence-corrected chi connectivity index (χ1v) is 10.7. The van der Waals surface area contributed by atoms with E-state index >= 15 is 0 Å². The maximum Gasteiger partial charge on any atom is 0.240 e. The summed E-state index contributed by atoms with van der Waals surface area (Å²) in [7, 11) is 1.62. The Balaban J connectivity index is 1.40. The van der Waals surface area contributed by atoms with E-state index in [0.29, 0.717) is 28.2 Å². The molecular weight excluding hydrogens is 430 g/mol. The zero-order valence-electron chi connectivity index (χ0n) is 17.6. The Labute approximate surface area is 189 Å². The second kappa shape index (κ2) is 11.5. The molecule has 4 N–H and O–H groups in total. The number of hydrogen-bond donors (Lipinski definition) is 4. The molecular formula is C21H23N7O3S. The highest BCUT2D eigenvalue weighted by molar-refractivity contribution is 7.99. The first-order chi connectivity index (χ1) is 15.5. The lowest BCUT2D eigenvalue weighted by Gasteiger charge is -2.07. The van der Waals surface area contributed by atoms with Crippen LogP contribution in [0, 0.1) is 0 Å². The van der Waals surface area contributed by atoms with Crippen LogP contribution in [-0.4, -0.2) is 46.1 Å². The Morgan fingerprint density at radius 3 is 2.62 bits per heavy atom. The maximum atomic E-state index is 12.2. The number of rotatable bonds is 10. The lowest BCUT2D eigenvalue weighted by Crippen LogP contribution is -2.13. The minimum Gasteiger partial charge on any atom is -0.497 e. The molecule has 0 aliphatic heterocycles. The topological polar surface area (TPSA) is 133 Å². The van der Waals surface area contributed by atoms with Crippen molar-refractivity contribution in [2.75, 3.05) is 28.9 Å². The third kappa shape index (κ3) is 7.43. The molecule has 3 aromatic rings. The van der Waals surface area contributed by atoms with Gasteiger partial charge in [-0.15, -0.1) is 5.10 Å². The van der Waals surface area contributed by atoms with Gasteiger partial charge in [-0.3, -0.25) is 9.59 Å². The van der Waals surface area contributed by atoms with Crippen molar-refractivity contribution in [1.29, 1.82) is 0 Å². The number of nitrogens with zero attached hydrogens (tertiary/aromatic N) is 3. The first-order valence-electron chi connectivity index (χ1n) is 9.67. The minimum absolute atomic E-state index is 0.143. The van der Waals surface area contributed by atoms with Gasteiger partial charge in [0.2, 0.25) is 22.9 Å². The van der Waals surface area contributed by atoms with Crippen LogP contribution in [0.25, 0.3) is 0 Å². The summed E-state index contributed by atoms with van der Waals surface area (Å²) in [5, 5.41) is 16.9. The monoisotopic (exact) mass is 453 g/mol. The molecule has 0 aliphatic carbocycles. The number of thioether (sulfide) groups is 1. The van der Waals surface area contributed by atoms with Gasteiger partial charge in [0.15, 0.2) is 0 Å². The molecule has 0 unspecified atom stereocenters. The largest absolute Gasteiger partial charge is 0.497 e. The van der Waals surface area contributed by atoms with E-state index in [-0.39, 0.29) is 18.2 Å². The highest BCUT2D eigenvalue weighted by atomic mass is 32.2. The summed E-state index contributed by atoms with van der Waals surface area (Å²) in [6, 6.07) is 14.4. The zero-order valence-corrected chi connectivity index (χ0v) is 18.4. The standard InChI is InChI=1S/C21H23N7O3S/c1-14(29)23-16-4-3-5-17(12-16)24-19(30)10-11-32-21-25-20(27-28-21)26-22-13-15-6-8-18(31-2)9-7-15/h3-9,12-13H,10-11H2,1-2H3,(H,23,29)(H,24,30)(H2,25,26,27,28)/b22-13+. The summed E-state index contributed by atoms with van der Waals surface area (Å²) in [6.07, 6.45) is 1.93. The second-order valence-corrected chi connectivity index (χ2v) is 7.58. The predicted molar refractivity (Wildman–Crippen MR) is 125 cm³/mol. The van der Waals surface area contributed by atoms with Gasteiger partial charge < -0.3 is 15.4 Å². The van der Waals surface area contributed by atoms with Crippen LogP contribution in [0.2, 0.25) is 0 Å². The number of methoxy groups -OCH3 is 1. The van der Waals surface area contributed by atoms with Crippen LogP contribution in [0.5, 0.6) is 5.75 Å². The molecule has 0 bridgehead atoms. The van der Waals surface area contributed by atoms with Crippen LogP contribution in [0.1, 0.15) is 18.9 Å². The van der Waals surface area contributed by atoms with Crippen molar-refractivity contribution in [3.63, 3.8) is 0 Å². The van der Waals surface area contributed by atoms with Gasteiger partial charge in [-0.1, -0.05) is 17.8 Å². The molecule has 3 rings (SSSR count). The molecule has 166 valence electrons. The van der Waals surface area contributed by atoms with Gasteiger partial charge in [0.05, 0.1) is 13.3 Å². The normalized spacial score (nSPS) is 10.7. The van der Waals surface area contributed by atoms with E-state index in [1.165, 1.54) is 18.7 Å². The van der Waals surface area contributed by atoms with E-state index in [1.54, 1.807) is 37.6 Å². The number of H-pyrrole nitrogens is 1. The van der Waals surface area contributed by atoms with E-state index in [2.05, 4.69) is 36.3 Å². The molecule has 11 heteroatoms. The smallest absolute Gasteiger partial charge is 0.240 e. The van der Waals surface area contributed by atoms with E-state index in [1.807, 2.05) is 24.3 Å². The molecule has 10 nitrogen and oxygen atoms in total. The van der Waals surface area contributed by atoms with Gasteiger partial charge >= 0.3 is 0 Å². The molecule has 0 spiro atoms. The number of aromatic amines is 1. The van der Waals surface area contributed by atoms with Crippen LogP contribution < -0.4 is 20.8 Å². The minimum atomic E-state index is -0.170. The molecule has 32 heavy (non-hydrogen) atoms. The Hall–Kier alpha value is -3.86. The van der Waals surface area contributed by atoms with Crippen LogP contribution in [0.3, 0.4) is 0 Å². The van der Waals surface area contributed by atoms with Gasteiger partial charge in [0.1, 0.15) is 5.75 Å². The van der Waals surface area contributed by atoms with Crippen LogP contribution in [0.4, 0.5) is 17.3 Å². The predicted octanol–water partition coefficient (Wildman–Crippen LogP) is 3.34. The van der Waals surface area contributed by atoms with Gasteiger partial charge in [0.25, 0.3) is 0 Å². The van der Waals surface area contributed by atoms with Crippen LogP contribution >= 0.6 is 11.8 Å². The van der Waals surface area contributed by atoms with Crippen LogP contribution in [-0.2, 0) is 9.59 Å². The molecule has 0 fully saturated rings. The molecule has 0 radical (unpaired) electrons. The Morgan fingerprint density at radius 2 is 1.91 bits per heavy atom. The van der Waals surface area contributed by atoms with Gasteiger partial charge in [-0.2, -0.15) is 10.1 Å². The van der Waals surface area contributed by atoms with E-state index in [9.17, 15) is 9.59 Å². The average Bonchev–Trinajstić information content (AvgIpc) is 3.21. The number of hydrazone groups is 1. The highest BCUT2D eigenvalue weighted by Gasteiger charge is 2.07. The van der Waals surface area contributed by atoms with Crippen LogP contribution in [0.15, 0.2) is 58.8 Å². The summed E-state index contributed by atoms with van der Waals surface area (Å²) in [5.41, 5.74) is 4.92. The van der Waals surface area contributed by atoms with Crippen molar-refractivity contribution >= 4 is 47.1 Å². The number of amides is 2. The third-order valence-corrected chi connectivity index (χ3v) is 4.84. The lowest BCUT2D eigenvalue weighted by atomic mass is 10.2. The van der Waals surface area contributed by atoms with Crippen molar-refractivity contribution < 1.29 is 14.3 Å². The Morgan fingerprint density at radius 1 is 1.16 bits per heavy atom. The zero-order chi connectivity index (χ0) is 22.8. The first kappa shape index (κ1) is 22.8. The molecule has 0 aliphatic rings. The fourth-order valence-corrected chi connectivity index (χ4v) is 3.29. The molecule has 2 aromatic carbocycles. The van der Waals surface area contributed by atoms with E-state index in [0.717, 1.165) is 11.3 Å². The van der Waals surface area contributed by atoms with Gasteiger partial charge in [-0.25, -0.2) is 10.5 Å². The number of nitrogens with one attached hydrogen (secondary N) is 4. The van der Waals surface area contributed by atoms with Gasteiger partial charge in [0, 0.05) is 30.5 Å². The fourth-order valence-electron chi connectivity index (χ4n) is 2.56.